The highest BCUT2D eigenvalue weighted by Crippen LogP contribution is 2.69. The highest BCUT2D eigenvalue weighted by atomic mass is 16.7. The van der Waals surface area contributed by atoms with Gasteiger partial charge in [-0.2, -0.15) is 0 Å². The van der Waals surface area contributed by atoms with Crippen molar-refractivity contribution in [3.05, 3.63) is 12.2 Å². The SMILES string of the molecule is C=C1[C@H]2CC[C@H]3[C@@H]1[C@@H](C2)C31OCCO1. The van der Waals surface area contributed by atoms with Crippen LogP contribution in [0.25, 0.3) is 0 Å². The summed E-state index contributed by atoms with van der Waals surface area (Å²) in [4.78, 5) is 0. The summed E-state index contributed by atoms with van der Waals surface area (Å²) in [5.41, 5.74) is 1.51. The molecular formula is C12H16O2. The van der Waals surface area contributed by atoms with Gasteiger partial charge in [0, 0.05) is 11.8 Å². The van der Waals surface area contributed by atoms with Crippen molar-refractivity contribution in [3.63, 3.8) is 0 Å². The van der Waals surface area contributed by atoms with E-state index in [9.17, 15) is 0 Å². The van der Waals surface area contributed by atoms with Crippen LogP contribution in [0, 0.1) is 23.7 Å². The molecule has 3 aliphatic carbocycles. The monoisotopic (exact) mass is 192 g/mol. The van der Waals surface area contributed by atoms with Crippen molar-refractivity contribution in [1.29, 1.82) is 0 Å². The first-order chi connectivity index (χ1) is 6.83. The Morgan fingerprint density at radius 1 is 1.14 bits per heavy atom. The Kier molecular flexibility index (Phi) is 1.27. The summed E-state index contributed by atoms with van der Waals surface area (Å²) in [5, 5.41) is 0. The molecule has 1 saturated heterocycles. The van der Waals surface area contributed by atoms with Gasteiger partial charge >= 0.3 is 0 Å². The molecule has 2 nitrogen and oxygen atoms in total. The van der Waals surface area contributed by atoms with E-state index in [4.69, 9.17) is 9.47 Å². The average Bonchev–Trinajstić information content (AvgIpc) is 2.65. The fourth-order valence-corrected chi connectivity index (χ4v) is 4.43. The first-order valence-electron chi connectivity index (χ1n) is 5.79. The smallest absolute Gasteiger partial charge is 0.175 e. The van der Waals surface area contributed by atoms with E-state index in [1.54, 1.807) is 0 Å². The van der Waals surface area contributed by atoms with E-state index in [1.165, 1.54) is 24.8 Å². The fraction of sp³-hybridized carbons (Fsp3) is 0.833. The van der Waals surface area contributed by atoms with E-state index in [1.807, 2.05) is 0 Å². The molecule has 0 N–H and O–H groups in total. The molecule has 76 valence electrons. The van der Waals surface area contributed by atoms with E-state index in [-0.39, 0.29) is 5.79 Å². The number of hydrogen-bond donors (Lipinski definition) is 0. The van der Waals surface area contributed by atoms with Crippen LogP contribution < -0.4 is 0 Å². The van der Waals surface area contributed by atoms with E-state index in [2.05, 4.69) is 6.58 Å². The molecule has 1 aliphatic heterocycles. The molecule has 1 spiro atoms. The van der Waals surface area contributed by atoms with Gasteiger partial charge < -0.3 is 9.47 Å². The maximum Gasteiger partial charge on any atom is 0.175 e. The maximum absolute atomic E-state index is 5.91. The Morgan fingerprint density at radius 2 is 1.93 bits per heavy atom. The Hall–Kier alpha value is -0.340. The summed E-state index contributed by atoms with van der Waals surface area (Å²) < 4.78 is 11.8. The third-order valence-electron chi connectivity index (χ3n) is 4.96. The van der Waals surface area contributed by atoms with Crippen molar-refractivity contribution < 1.29 is 9.47 Å². The Bertz CT molecular complexity index is 295. The molecule has 0 unspecified atom stereocenters. The molecule has 0 aromatic carbocycles. The molecule has 1 heterocycles. The summed E-state index contributed by atoms with van der Waals surface area (Å²) in [5.74, 6) is 2.66. The van der Waals surface area contributed by atoms with Crippen LogP contribution in [0.15, 0.2) is 12.2 Å². The van der Waals surface area contributed by atoms with Crippen molar-refractivity contribution in [1.82, 2.24) is 0 Å². The van der Waals surface area contributed by atoms with Gasteiger partial charge in [0.1, 0.15) is 0 Å². The van der Waals surface area contributed by atoms with Crippen molar-refractivity contribution >= 4 is 0 Å². The summed E-state index contributed by atoms with van der Waals surface area (Å²) >= 11 is 0. The molecule has 4 fully saturated rings. The number of hydrogen-bond acceptors (Lipinski definition) is 2. The van der Waals surface area contributed by atoms with E-state index in [0.717, 1.165) is 25.0 Å². The lowest BCUT2D eigenvalue weighted by Gasteiger charge is -2.56. The lowest BCUT2D eigenvalue weighted by molar-refractivity contribution is -0.305. The first kappa shape index (κ1) is 7.89. The van der Waals surface area contributed by atoms with E-state index in [0.29, 0.717) is 11.8 Å². The predicted octanol–water partition coefficient (Wildman–Crippen LogP) is 1.96. The van der Waals surface area contributed by atoms with Crippen LogP contribution >= 0.6 is 0 Å². The topological polar surface area (TPSA) is 18.5 Å². The molecular weight excluding hydrogens is 176 g/mol. The lowest BCUT2D eigenvalue weighted by Crippen LogP contribution is -2.61. The van der Waals surface area contributed by atoms with Crippen LogP contribution in [0.4, 0.5) is 0 Å². The minimum absolute atomic E-state index is 0.154. The molecule has 4 rings (SSSR count). The molecule has 2 bridgehead atoms. The molecule has 0 aromatic rings. The predicted molar refractivity (Wildman–Crippen MR) is 51.6 cm³/mol. The largest absolute Gasteiger partial charge is 0.347 e. The Labute approximate surface area is 84.3 Å². The van der Waals surface area contributed by atoms with Crippen molar-refractivity contribution in [3.8, 4) is 0 Å². The summed E-state index contributed by atoms with van der Waals surface area (Å²) in [6, 6.07) is 0. The summed E-state index contributed by atoms with van der Waals surface area (Å²) in [7, 11) is 0. The minimum atomic E-state index is -0.154. The van der Waals surface area contributed by atoms with Gasteiger partial charge in [-0.3, -0.25) is 0 Å². The standard InChI is InChI=1S/C12H16O2/c1-7-8-2-3-9-11(7)10(6-8)12(9)13-4-5-14-12/h8-11H,1-6H2/t8-,9-,10+,11+/m0/s1. The number of ether oxygens (including phenoxy) is 2. The number of rotatable bonds is 0. The molecule has 2 heteroatoms. The van der Waals surface area contributed by atoms with Gasteiger partial charge in [0.2, 0.25) is 0 Å². The second-order valence-electron chi connectivity index (χ2n) is 5.24. The second kappa shape index (κ2) is 2.25. The van der Waals surface area contributed by atoms with Gasteiger partial charge in [-0.05, 0) is 31.1 Å². The molecule has 3 saturated carbocycles. The Balaban J connectivity index is 1.77. The first-order valence-corrected chi connectivity index (χ1v) is 5.79. The van der Waals surface area contributed by atoms with Gasteiger partial charge in [0.15, 0.2) is 5.79 Å². The highest BCUT2D eigenvalue weighted by Gasteiger charge is 2.71. The zero-order valence-corrected chi connectivity index (χ0v) is 8.37. The van der Waals surface area contributed by atoms with Gasteiger partial charge in [0.05, 0.1) is 13.2 Å². The minimum Gasteiger partial charge on any atom is -0.347 e. The van der Waals surface area contributed by atoms with Crippen LogP contribution in [0.2, 0.25) is 0 Å². The van der Waals surface area contributed by atoms with Crippen LogP contribution in [0.5, 0.6) is 0 Å². The van der Waals surface area contributed by atoms with E-state index < -0.39 is 0 Å². The second-order valence-corrected chi connectivity index (χ2v) is 5.24. The van der Waals surface area contributed by atoms with Crippen LogP contribution in [0.1, 0.15) is 19.3 Å². The van der Waals surface area contributed by atoms with Gasteiger partial charge in [-0.15, -0.1) is 0 Å². The van der Waals surface area contributed by atoms with E-state index >= 15 is 0 Å². The number of fused-ring (bicyclic) bond motifs is 3. The highest BCUT2D eigenvalue weighted by molar-refractivity contribution is 5.29. The van der Waals surface area contributed by atoms with Crippen molar-refractivity contribution in [2.24, 2.45) is 23.7 Å². The van der Waals surface area contributed by atoms with Crippen LogP contribution in [-0.2, 0) is 9.47 Å². The fourth-order valence-electron chi connectivity index (χ4n) is 4.43. The van der Waals surface area contributed by atoms with Crippen LogP contribution in [0.3, 0.4) is 0 Å². The summed E-state index contributed by atoms with van der Waals surface area (Å²) in [6.45, 7) is 5.87. The normalized spacial score (nSPS) is 52.4. The molecule has 0 aromatic heterocycles. The third-order valence-corrected chi connectivity index (χ3v) is 4.96. The van der Waals surface area contributed by atoms with Crippen LogP contribution in [-0.4, -0.2) is 19.0 Å². The quantitative estimate of drug-likeness (QED) is 0.546. The molecule has 4 aliphatic rings. The molecule has 4 atom stereocenters. The van der Waals surface area contributed by atoms with Crippen molar-refractivity contribution in [2.45, 2.75) is 25.0 Å². The van der Waals surface area contributed by atoms with Gasteiger partial charge in [-0.1, -0.05) is 12.2 Å². The zero-order valence-electron chi connectivity index (χ0n) is 8.37. The zero-order chi connectivity index (χ0) is 9.34. The third kappa shape index (κ3) is 0.636. The molecule has 14 heavy (non-hydrogen) atoms. The Morgan fingerprint density at radius 3 is 2.71 bits per heavy atom. The molecule has 0 radical (unpaired) electrons. The lowest BCUT2D eigenvalue weighted by atomic mass is 9.57. The molecule has 0 amide bonds. The maximum atomic E-state index is 5.91. The van der Waals surface area contributed by atoms with Gasteiger partial charge in [-0.25, -0.2) is 0 Å². The average molecular weight is 192 g/mol. The summed E-state index contributed by atoms with van der Waals surface area (Å²) in [6.07, 6.45) is 3.90. The number of allylic oxidation sites excluding steroid dienone is 1. The van der Waals surface area contributed by atoms with Gasteiger partial charge in [0.25, 0.3) is 0 Å². The van der Waals surface area contributed by atoms with Crippen molar-refractivity contribution in [2.75, 3.05) is 13.2 Å².